The third-order valence-electron chi connectivity index (χ3n) is 3.09. The van der Waals surface area contributed by atoms with Crippen molar-refractivity contribution < 1.29 is 19.5 Å². The van der Waals surface area contributed by atoms with Crippen LogP contribution in [0.25, 0.3) is 0 Å². The SMILES string of the molecule is CCCCOc1ccc(C(O)CC(=O)N(C)OC)cc1Br. The van der Waals surface area contributed by atoms with Crippen molar-refractivity contribution in [1.29, 1.82) is 0 Å². The summed E-state index contributed by atoms with van der Waals surface area (Å²) in [6, 6.07) is 5.33. The predicted molar refractivity (Wildman–Crippen MR) is 83.9 cm³/mol. The zero-order valence-electron chi connectivity index (χ0n) is 12.6. The second kappa shape index (κ2) is 9.02. The van der Waals surface area contributed by atoms with Gasteiger partial charge in [0.15, 0.2) is 0 Å². The van der Waals surface area contributed by atoms with Gasteiger partial charge in [-0.3, -0.25) is 9.63 Å². The molecule has 0 saturated carbocycles. The van der Waals surface area contributed by atoms with Gasteiger partial charge in [-0.2, -0.15) is 0 Å². The fourth-order valence-electron chi connectivity index (χ4n) is 1.68. The summed E-state index contributed by atoms with van der Waals surface area (Å²) in [4.78, 5) is 16.5. The van der Waals surface area contributed by atoms with Crippen LogP contribution >= 0.6 is 15.9 Å². The van der Waals surface area contributed by atoms with Crippen molar-refractivity contribution in [3.05, 3.63) is 28.2 Å². The van der Waals surface area contributed by atoms with Gasteiger partial charge in [0.05, 0.1) is 30.7 Å². The maximum absolute atomic E-state index is 11.7. The van der Waals surface area contributed by atoms with Crippen LogP contribution in [0.3, 0.4) is 0 Å². The number of rotatable bonds is 8. The Kier molecular flexibility index (Phi) is 7.71. The number of halogens is 1. The maximum Gasteiger partial charge on any atom is 0.248 e. The van der Waals surface area contributed by atoms with E-state index >= 15 is 0 Å². The Morgan fingerprint density at radius 1 is 1.48 bits per heavy atom. The number of hydrogen-bond donors (Lipinski definition) is 1. The normalized spacial score (nSPS) is 12.0. The quantitative estimate of drug-likeness (QED) is 0.572. The van der Waals surface area contributed by atoms with E-state index in [1.807, 2.05) is 0 Å². The van der Waals surface area contributed by atoms with Crippen molar-refractivity contribution in [2.75, 3.05) is 20.8 Å². The Labute approximate surface area is 133 Å². The molecule has 5 nitrogen and oxygen atoms in total. The standard InChI is InChI=1S/C15H22BrNO4/c1-4-5-8-21-14-7-6-11(9-12(14)16)13(18)10-15(19)17(2)20-3/h6-7,9,13,18H,4-5,8,10H2,1-3H3. The van der Waals surface area contributed by atoms with Crippen LogP contribution in [-0.4, -0.2) is 36.8 Å². The fraction of sp³-hybridized carbons (Fsp3) is 0.533. The van der Waals surface area contributed by atoms with Gasteiger partial charge in [-0.1, -0.05) is 19.4 Å². The molecule has 0 spiro atoms. The number of aliphatic hydroxyl groups excluding tert-OH is 1. The van der Waals surface area contributed by atoms with Gasteiger partial charge in [0.1, 0.15) is 5.75 Å². The van der Waals surface area contributed by atoms with Crippen LogP contribution in [0.4, 0.5) is 0 Å². The lowest BCUT2D eigenvalue weighted by atomic mass is 10.1. The van der Waals surface area contributed by atoms with Crippen LogP contribution in [0.2, 0.25) is 0 Å². The third kappa shape index (κ3) is 5.65. The molecule has 1 aromatic carbocycles. The average Bonchev–Trinajstić information content (AvgIpc) is 2.47. The van der Waals surface area contributed by atoms with Gasteiger partial charge in [0.2, 0.25) is 5.91 Å². The molecule has 0 aliphatic heterocycles. The number of benzene rings is 1. The molecule has 1 N–H and O–H groups in total. The molecule has 0 bridgehead atoms. The molecule has 0 heterocycles. The van der Waals surface area contributed by atoms with Gasteiger partial charge in [-0.25, -0.2) is 5.06 Å². The van der Waals surface area contributed by atoms with Crippen LogP contribution < -0.4 is 4.74 Å². The molecule has 0 radical (unpaired) electrons. The predicted octanol–water partition coefficient (Wildman–Crippen LogP) is 3.07. The number of nitrogens with zero attached hydrogens (tertiary/aromatic N) is 1. The number of carbonyl (C=O) groups is 1. The summed E-state index contributed by atoms with van der Waals surface area (Å²) >= 11 is 3.42. The van der Waals surface area contributed by atoms with Crippen molar-refractivity contribution in [2.24, 2.45) is 0 Å². The lowest BCUT2D eigenvalue weighted by Crippen LogP contribution is -2.26. The minimum Gasteiger partial charge on any atom is -0.492 e. The van der Waals surface area contributed by atoms with Gasteiger partial charge >= 0.3 is 0 Å². The van der Waals surface area contributed by atoms with Crippen LogP contribution in [0, 0.1) is 0 Å². The number of carbonyl (C=O) groups excluding carboxylic acids is 1. The van der Waals surface area contributed by atoms with Gasteiger partial charge in [-0.05, 0) is 40.0 Å². The highest BCUT2D eigenvalue weighted by molar-refractivity contribution is 9.10. The first kappa shape index (κ1) is 17.9. The first-order valence-electron chi connectivity index (χ1n) is 6.90. The number of amides is 1. The minimum atomic E-state index is -0.879. The van der Waals surface area contributed by atoms with E-state index in [1.54, 1.807) is 18.2 Å². The molecule has 0 aliphatic rings. The number of hydrogen-bond acceptors (Lipinski definition) is 4. The molecule has 0 saturated heterocycles. The Morgan fingerprint density at radius 2 is 2.19 bits per heavy atom. The molecular formula is C15H22BrNO4. The molecule has 0 fully saturated rings. The Hall–Kier alpha value is -1.11. The van der Waals surface area contributed by atoms with Crippen LogP contribution in [0.5, 0.6) is 5.75 Å². The number of ether oxygens (including phenoxy) is 1. The highest BCUT2D eigenvalue weighted by atomic mass is 79.9. The van der Waals surface area contributed by atoms with Crippen molar-refractivity contribution in [2.45, 2.75) is 32.3 Å². The maximum atomic E-state index is 11.7. The average molecular weight is 360 g/mol. The first-order chi connectivity index (χ1) is 9.99. The Balaban J connectivity index is 2.67. The van der Waals surface area contributed by atoms with E-state index < -0.39 is 6.10 Å². The van der Waals surface area contributed by atoms with Gasteiger partial charge in [-0.15, -0.1) is 0 Å². The minimum absolute atomic E-state index is 0.0349. The summed E-state index contributed by atoms with van der Waals surface area (Å²) in [6.07, 6.45) is 1.15. The molecule has 118 valence electrons. The molecule has 0 aliphatic carbocycles. The van der Waals surface area contributed by atoms with Gasteiger partial charge in [0, 0.05) is 7.05 Å². The molecule has 1 atom stereocenters. The van der Waals surface area contributed by atoms with Crippen molar-refractivity contribution >= 4 is 21.8 Å². The van der Waals surface area contributed by atoms with Gasteiger partial charge < -0.3 is 9.84 Å². The summed E-state index contributed by atoms with van der Waals surface area (Å²) in [5.41, 5.74) is 0.655. The zero-order valence-corrected chi connectivity index (χ0v) is 14.2. The summed E-state index contributed by atoms with van der Waals surface area (Å²) in [5, 5.41) is 11.2. The van der Waals surface area contributed by atoms with Crippen molar-refractivity contribution in [3.63, 3.8) is 0 Å². The molecule has 0 aromatic heterocycles. The highest BCUT2D eigenvalue weighted by Crippen LogP contribution is 2.29. The Bertz CT molecular complexity index is 467. The van der Waals surface area contributed by atoms with Gasteiger partial charge in [0.25, 0.3) is 0 Å². The number of hydroxylamine groups is 2. The van der Waals surface area contributed by atoms with E-state index in [0.717, 1.165) is 28.1 Å². The largest absolute Gasteiger partial charge is 0.492 e. The van der Waals surface area contributed by atoms with E-state index in [-0.39, 0.29) is 12.3 Å². The molecule has 1 aromatic rings. The van der Waals surface area contributed by atoms with Crippen molar-refractivity contribution in [1.82, 2.24) is 5.06 Å². The second-order valence-corrected chi connectivity index (χ2v) is 5.54. The van der Waals surface area contributed by atoms with Crippen LogP contribution in [0.15, 0.2) is 22.7 Å². The fourth-order valence-corrected chi connectivity index (χ4v) is 2.19. The van der Waals surface area contributed by atoms with E-state index in [1.165, 1.54) is 14.2 Å². The second-order valence-electron chi connectivity index (χ2n) is 4.69. The molecular weight excluding hydrogens is 338 g/mol. The zero-order chi connectivity index (χ0) is 15.8. The number of unbranched alkanes of at least 4 members (excludes halogenated alkanes) is 1. The molecule has 21 heavy (non-hydrogen) atoms. The van der Waals surface area contributed by atoms with Crippen molar-refractivity contribution in [3.8, 4) is 5.75 Å². The first-order valence-corrected chi connectivity index (χ1v) is 7.69. The van der Waals surface area contributed by atoms with E-state index in [9.17, 15) is 9.90 Å². The highest BCUT2D eigenvalue weighted by Gasteiger charge is 2.17. The monoisotopic (exact) mass is 359 g/mol. The summed E-state index contributed by atoms with van der Waals surface area (Å²) in [6.45, 7) is 2.76. The van der Waals surface area contributed by atoms with E-state index in [2.05, 4.69) is 22.9 Å². The van der Waals surface area contributed by atoms with Crippen LogP contribution in [0.1, 0.15) is 37.9 Å². The van der Waals surface area contributed by atoms with E-state index in [4.69, 9.17) is 9.57 Å². The molecule has 1 unspecified atom stereocenters. The Morgan fingerprint density at radius 3 is 2.76 bits per heavy atom. The summed E-state index contributed by atoms with van der Waals surface area (Å²) in [5.74, 6) is 0.448. The summed E-state index contributed by atoms with van der Waals surface area (Å²) in [7, 11) is 2.92. The molecule has 1 amide bonds. The third-order valence-corrected chi connectivity index (χ3v) is 3.71. The lowest BCUT2D eigenvalue weighted by molar-refractivity contribution is -0.170. The smallest absolute Gasteiger partial charge is 0.248 e. The number of aliphatic hydroxyl groups is 1. The van der Waals surface area contributed by atoms with E-state index in [0.29, 0.717) is 12.2 Å². The lowest BCUT2D eigenvalue weighted by Gasteiger charge is -2.17. The molecule has 6 heteroatoms. The molecule has 1 rings (SSSR count). The summed E-state index contributed by atoms with van der Waals surface area (Å²) < 4.78 is 6.39. The topological polar surface area (TPSA) is 59.0 Å². The van der Waals surface area contributed by atoms with Crippen LogP contribution in [-0.2, 0) is 9.63 Å².